The van der Waals surface area contributed by atoms with Crippen LogP contribution in [0.15, 0.2) is 54.6 Å². The van der Waals surface area contributed by atoms with E-state index in [1.807, 2.05) is 0 Å². The highest BCUT2D eigenvalue weighted by atomic mass is 35.5. The summed E-state index contributed by atoms with van der Waals surface area (Å²) in [6, 6.07) is 13.7. The number of rotatable bonds is 5. The van der Waals surface area contributed by atoms with Crippen LogP contribution < -0.4 is 10.6 Å². The smallest absolute Gasteiger partial charge is 0.270 e. The van der Waals surface area contributed by atoms with E-state index in [1.165, 1.54) is 16.8 Å². The molecule has 1 unspecified atom stereocenters. The van der Waals surface area contributed by atoms with Crippen LogP contribution in [0.25, 0.3) is 16.9 Å². The van der Waals surface area contributed by atoms with Crippen molar-refractivity contribution >= 4 is 29.1 Å². The van der Waals surface area contributed by atoms with Crippen LogP contribution in [0.1, 0.15) is 29.8 Å². The molecule has 1 aliphatic rings. The molecule has 0 bridgehead atoms. The number of carbonyl (C=O) groups is 2. The number of benzene rings is 2. The molecule has 0 saturated carbocycles. The third-order valence-electron chi connectivity index (χ3n) is 5.23. The van der Waals surface area contributed by atoms with Gasteiger partial charge < -0.3 is 10.6 Å². The van der Waals surface area contributed by atoms with Crippen molar-refractivity contribution in [2.24, 2.45) is 0 Å². The minimum atomic E-state index is -0.624. The zero-order chi connectivity index (χ0) is 22.7. The van der Waals surface area contributed by atoms with Gasteiger partial charge in [-0.15, -0.1) is 0 Å². The molecule has 0 spiro atoms. The van der Waals surface area contributed by atoms with Crippen molar-refractivity contribution in [2.75, 3.05) is 6.54 Å². The SMILES string of the molecule is O=C(NC1CCCCNC1=O)c1cc(-c2ccc([N+](=O)[O-])cc2)nn1-c1ccc(Cl)cc1. The number of non-ortho nitro benzene ring substituents is 1. The molecule has 9 nitrogen and oxygen atoms in total. The number of nitrogens with one attached hydrogen (secondary N) is 2. The third kappa shape index (κ3) is 4.62. The number of nitro benzene ring substituents is 1. The Hall–Kier alpha value is -3.72. The second-order valence-corrected chi connectivity index (χ2v) is 7.86. The Labute approximate surface area is 188 Å². The predicted molar refractivity (Wildman–Crippen MR) is 119 cm³/mol. The molecule has 1 aromatic heterocycles. The second kappa shape index (κ2) is 9.19. The Morgan fingerprint density at radius 1 is 1.16 bits per heavy atom. The number of hydrogen-bond acceptors (Lipinski definition) is 5. The lowest BCUT2D eigenvalue weighted by atomic mass is 10.1. The molecule has 4 rings (SSSR count). The van der Waals surface area contributed by atoms with Crippen molar-refractivity contribution in [3.63, 3.8) is 0 Å². The number of carbonyl (C=O) groups excluding carboxylic acids is 2. The maximum Gasteiger partial charge on any atom is 0.270 e. The average molecular weight is 454 g/mol. The minimum Gasteiger partial charge on any atom is -0.354 e. The van der Waals surface area contributed by atoms with E-state index in [0.29, 0.717) is 34.9 Å². The van der Waals surface area contributed by atoms with Crippen molar-refractivity contribution in [3.05, 3.63) is 75.4 Å². The molecule has 164 valence electrons. The van der Waals surface area contributed by atoms with Crippen molar-refractivity contribution < 1.29 is 14.5 Å². The van der Waals surface area contributed by atoms with Gasteiger partial charge in [-0.3, -0.25) is 19.7 Å². The maximum absolute atomic E-state index is 13.2. The lowest BCUT2D eigenvalue weighted by Crippen LogP contribution is -2.45. The van der Waals surface area contributed by atoms with Crippen molar-refractivity contribution in [1.82, 2.24) is 20.4 Å². The van der Waals surface area contributed by atoms with Gasteiger partial charge in [0.2, 0.25) is 5.91 Å². The standard InChI is InChI=1S/C22H20ClN5O4/c23-15-6-10-16(11-7-15)27-20(22(30)25-18-3-1-2-12-24-21(18)29)13-19(26-27)14-4-8-17(9-5-14)28(31)32/h4-11,13,18H,1-3,12H2,(H,24,29)(H,25,30). The fourth-order valence-corrected chi connectivity index (χ4v) is 3.65. The van der Waals surface area contributed by atoms with Gasteiger partial charge in [-0.2, -0.15) is 5.10 Å². The molecule has 2 heterocycles. The molecule has 1 atom stereocenters. The lowest BCUT2D eigenvalue weighted by Gasteiger charge is -2.15. The van der Waals surface area contributed by atoms with Crippen LogP contribution in [0.2, 0.25) is 5.02 Å². The molecule has 1 aliphatic heterocycles. The van der Waals surface area contributed by atoms with Crippen LogP contribution in [0.4, 0.5) is 5.69 Å². The van der Waals surface area contributed by atoms with Gasteiger partial charge in [0.05, 0.1) is 16.3 Å². The van der Waals surface area contributed by atoms with Gasteiger partial charge in [0.1, 0.15) is 11.7 Å². The molecular weight excluding hydrogens is 434 g/mol. The molecular formula is C22H20ClN5O4. The van der Waals surface area contributed by atoms with Gasteiger partial charge in [-0.1, -0.05) is 11.6 Å². The predicted octanol–water partition coefficient (Wildman–Crippen LogP) is 3.50. The van der Waals surface area contributed by atoms with Crippen LogP contribution in [0.3, 0.4) is 0 Å². The molecule has 32 heavy (non-hydrogen) atoms. The van der Waals surface area contributed by atoms with Crippen molar-refractivity contribution in [3.8, 4) is 16.9 Å². The summed E-state index contributed by atoms with van der Waals surface area (Å²) in [5.74, 6) is -0.647. The first-order chi connectivity index (χ1) is 15.4. The highest BCUT2D eigenvalue weighted by Crippen LogP contribution is 2.25. The van der Waals surface area contributed by atoms with Crippen molar-refractivity contribution in [1.29, 1.82) is 0 Å². The van der Waals surface area contributed by atoms with Gasteiger partial charge in [0, 0.05) is 29.3 Å². The van der Waals surface area contributed by atoms with Crippen LogP contribution in [0.5, 0.6) is 0 Å². The van der Waals surface area contributed by atoms with Crippen molar-refractivity contribution in [2.45, 2.75) is 25.3 Å². The van der Waals surface area contributed by atoms with E-state index in [9.17, 15) is 19.7 Å². The first-order valence-corrected chi connectivity index (χ1v) is 10.5. The highest BCUT2D eigenvalue weighted by molar-refractivity contribution is 6.30. The van der Waals surface area contributed by atoms with Crippen LogP contribution >= 0.6 is 11.6 Å². The first kappa shape index (κ1) is 21.5. The molecule has 2 N–H and O–H groups in total. The van der Waals surface area contributed by atoms with Crippen LogP contribution in [-0.2, 0) is 4.79 Å². The number of amides is 2. The van der Waals surface area contributed by atoms with Gasteiger partial charge in [-0.25, -0.2) is 4.68 Å². The van der Waals surface area contributed by atoms with E-state index in [1.54, 1.807) is 42.5 Å². The van der Waals surface area contributed by atoms with Gasteiger partial charge in [0.25, 0.3) is 11.6 Å². The van der Waals surface area contributed by atoms with E-state index in [4.69, 9.17) is 11.6 Å². The summed E-state index contributed by atoms with van der Waals surface area (Å²) >= 11 is 5.99. The van der Waals surface area contributed by atoms with E-state index >= 15 is 0 Å². The largest absolute Gasteiger partial charge is 0.354 e. The summed E-state index contributed by atoms with van der Waals surface area (Å²) in [7, 11) is 0. The van der Waals surface area contributed by atoms with E-state index in [-0.39, 0.29) is 17.3 Å². The minimum absolute atomic E-state index is 0.0387. The Balaban J connectivity index is 1.70. The quantitative estimate of drug-likeness (QED) is 0.452. The first-order valence-electron chi connectivity index (χ1n) is 10.1. The second-order valence-electron chi connectivity index (χ2n) is 7.42. The Morgan fingerprint density at radius 2 is 1.88 bits per heavy atom. The summed E-state index contributed by atoms with van der Waals surface area (Å²) in [6.45, 7) is 0.595. The fraction of sp³-hybridized carbons (Fsp3) is 0.227. The van der Waals surface area contributed by atoms with E-state index in [2.05, 4.69) is 15.7 Å². The normalized spacial score (nSPS) is 16.2. The lowest BCUT2D eigenvalue weighted by molar-refractivity contribution is -0.384. The number of aromatic nitrogens is 2. The summed E-state index contributed by atoms with van der Waals surface area (Å²) in [6.07, 6.45) is 2.25. The summed E-state index contributed by atoms with van der Waals surface area (Å²) in [4.78, 5) is 35.9. The van der Waals surface area contributed by atoms with Gasteiger partial charge in [0.15, 0.2) is 0 Å². The maximum atomic E-state index is 13.2. The molecule has 10 heteroatoms. The van der Waals surface area contributed by atoms with E-state index < -0.39 is 16.9 Å². The number of nitrogens with zero attached hydrogens (tertiary/aromatic N) is 3. The van der Waals surface area contributed by atoms with E-state index in [0.717, 1.165) is 12.8 Å². The number of halogens is 1. The summed E-state index contributed by atoms with van der Waals surface area (Å²) < 4.78 is 1.47. The molecule has 3 aromatic rings. The van der Waals surface area contributed by atoms with Crippen LogP contribution in [-0.4, -0.2) is 39.1 Å². The molecule has 1 fully saturated rings. The highest BCUT2D eigenvalue weighted by Gasteiger charge is 2.25. The zero-order valence-corrected chi connectivity index (χ0v) is 17.7. The Bertz CT molecular complexity index is 1160. The Morgan fingerprint density at radius 3 is 2.56 bits per heavy atom. The van der Waals surface area contributed by atoms with Gasteiger partial charge in [-0.05, 0) is 61.7 Å². The zero-order valence-electron chi connectivity index (χ0n) is 17.0. The summed E-state index contributed by atoms with van der Waals surface area (Å²) in [5.41, 5.74) is 1.88. The number of nitro groups is 1. The molecule has 1 saturated heterocycles. The Kier molecular flexibility index (Phi) is 6.18. The molecule has 2 amide bonds. The molecule has 0 radical (unpaired) electrons. The molecule has 0 aliphatic carbocycles. The number of hydrogen-bond donors (Lipinski definition) is 2. The summed E-state index contributed by atoms with van der Waals surface area (Å²) in [5, 5.41) is 21.6. The fourth-order valence-electron chi connectivity index (χ4n) is 3.53. The molecule has 2 aromatic carbocycles. The third-order valence-corrected chi connectivity index (χ3v) is 5.48. The average Bonchev–Trinajstić information content (AvgIpc) is 3.14. The van der Waals surface area contributed by atoms with Gasteiger partial charge >= 0.3 is 0 Å². The monoisotopic (exact) mass is 453 g/mol. The topological polar surface area (TPSA) is 119 Å². The van der Waals surface area contributed by atoms with Crippen LogP contribution in [0, 0.1) is 10.1 Å².